The Kier molecular flexibility index (Phi) is 4.18. The molecular formula is C21H21N3O. The molecule has 0 aliphatic heterocycles. The Morgan fingerprint density at radius 1 is 1.08 bits per heavy atom. The maximum Gasteiger partial charge on any atom is 0.254 e. The van der Waals surface area contributed by atoms with E-state index in [9.17, 15) is 4.79 Å². The lowest BCUT2D eigenvalue weighted by atomic mass is 10.0. The topological polar surface area (TPSA) is 46.1 Å². The van der Waals surface area contributed by atoms with Gasteiger partial charge >= 0.3 is 0 Å². The van der Waals surface area contributed by atoms with Crippen LogP contribution >= 0.6 is 0 Å². The van der Waals surface area contributed by atoms with E-state index in [2.05, 4.69) is 4.98 Å². The molecule has 1 amide bonds. The van der Waals surface area contributed by atoms with E-state index in [1.165, 1.54) is 12.8 Å². The van der Waals surface area contributed by atoms with Gasteiger partial charge in [-0.2, -0.15) is 0 Å². The van der Waals surface area contributed by atoms with Crippen LogP contribution in [0.5, 0.6) is 0 Å². The third-order valence-electron chi connectivity index (χ3n) is 5.12. The molecule has 0 spiro atoms. The number of hydrogen-bond donors (Lipinski definition) is 0. The summed E-state index contributed by atoms with van der Waals surface area (Å²) in [6, 6.07) is 14.0. The van der Waals surface area contributed by atoms with Crippen LogP contribution < -0.4 is 0 Å². The van der Waals surface area contributed by atoms with Gasteiger partial charge in [-0.1, -0.05) is 31.0 Å². The number of carbonyl (C=O) groups excluding carboxylic acids is 1. The molecule has 1 saturated carbocycles. The second-order valence-corrected chi connectivity index (χ2v) is 6.66. The van der Waals surface area contributed by atoms with Gasteiger partial charge in [0.25, 0.3) is 5.91 Å². The summed E-state index contributed by atoms with van der Waals surface area (Å²) in [5.41, 5.74) is 3.36. The van der Waals surface area contributed by atoms with Gasteiger partial charge in [0.05, 0.1) is 16.8 Å². The number of carbonyl (C=O) groups is 1. The summed E-state index contributed by atoms with van der Waals surface area (Å²) < 4.78 is 0. The zero-order valence-electron chi connectivity index (χ0n) is 14.4. The molecule has 0 unspecified atom stereocenters. The summed E-state index contributed by atoms with van der Waals surface area (Å²) in [4.78, 5) is 24.0. The number of rotatable bonds is 3. The van der Waals surface area contributed by atoms with E-state index in [-0.39, 0.29) is 5.91 Å². The molecule has 3 aromatic rings. The van der Waals surface area contributed by atoms with Gasteiger partial charge in [-0.3, -0.25) is 9.78 Å². The largest absolute Gasteiger partial charge is 0.339 e. The van der Waals surface area contributed by atoms with Crippen LogP contribution in [0, 0.1) is 0 Å². The molecule has 0 atom stereocenters. The maximum absolute atomic E-state index is 13.2. The molecule has 126 valence electrons. The lowest BCUT2D eigenvalue weighted by Gasteiger charge is -2.25. The number of amides is 1. The number of nitrogens with zero attached hydrogens (tertiary/aromatic N) is 3. The summed E-state index contributed by atoms with van der Waals surface area (Å²) in [6.45, 7) is 0. The highest BCUT2D eigenvalue weighted by Gasteiger charge is 2.25. The van der Waals surface area contributed by atoms with Crippen molar-refractivity contribution in [3.05, 3.63) is 60.4 Å². The first-order valence-corrected chi connectivity index (χ1v) is 8.81. The van der Waals surface area contributed by atoms with Crippen molar-refractivity contribution in [2.75, 3.05) is 7.05 Å². The van der Waals surface area contributed by atoms with Crippen molar-refractivity contribution in [3.8, 4) is 11.3 Å². The van der Waals surface area contributed by atoms with Crippen molar-refractivity contribution in [1.29, 1.82) is 0 Å². The van der Waals surface area contributed by atoms with Gasteiger partial charge in [0, 0.05) is 36.4 Å². The highest BCUT2D eigenvalue weighted by Crippen LogP contribution is 2.28. The number of hydrogen-bond acceptors (Lipinski definition) is 3. The lowest BCUT2D eigenvalue weighted by Crippen LogP contribution is -2.35. The number of pyridine rings is 2. The zero-order valence-corrected chi connectivity index (χ0v) is 14.4. The Bertz CT molecular complexity index is 901. The van der Waals surface area contributed by atoms with E-state index in [4.69, 9.17) is 4.98 Å². The number of fused-ring (bicyclic) bond motifs is 1. The highest BCUT2D eigenvalue weighted by molar-refractivity contribution is 6.07. The standard InChI is InChI=1S/C21H21N3O/c1-24(16-6-2-3-7-16)21(25)18-14-20(15-10-12-22-13-11-15)23-19-9-5-4-8-17(18)19/h4-5,8-14,16H,2-3,6-7H2,1H3. The average Bonchev–Trinajstić information content (AvgIpc) is 3.21. The third kappa shape index (κ3) is 3.00. The number of para-hydroxylation sites is 1. The molecule has 4 nitrogen and oxygen atoms in total. The van der Waals surface area contributed by atoms with Crippen LogP contribution in [0.15, 0.2) is 54.9 Å². The van der Waals surface area contributed by atoms with Gasteiger partial charge in [-0.25, -0.2) is 4.98 Å². The lowest BCUT2D eigenvalue weighted by molar-refractivity contribution is 0.0737. The Morgan fingerprint density at radius 2 is 1.80 bits per heavy atom. The first-order chi connectivity index (χ1) is 12.2. The monoisotopic (exact) mass is 331 g/mol. The van der Waals surface area contributed by atoms with Crippen LogP contribution in [0.1, 0.15) is 36.0 Å². The number of aromatic nitrogens is 2. The van der Waals surface area contributed by atoms with Gasteiger partial charge < -0.3 is 4.90 Å². The summed E-state index contributed by atoms with van der Waals surface area (Å²) in [6.07, 6.45) is 8.12. The molecule has 4 heteroatoms. The van der Waals surface area contributed by atoms with E-state index in [0.717, 1.165) is 40.6 Å². The molecule has 2 aromatic heterocycles. The molecule has 1 aliphatic carbocycles. The Balaban J connectivity index is 1.82. The van der Waals surface area contributed by atoms with Crippen molar-refractivity contribution in [3.63, 3.8) is 0 Å². The first kappa shape index (κ1) is 15.8. The average molecular weight is 331 g/mol. The molecule has 0 radical (unpaired) electrons. The molecule has 1 aliphatic rings. The van der Waals surface area contributed by atoms with Crippen LogP contribution in [-0.4, -0.2) is 33.9 Å². The minimum absolute atomic E-state index is 0.0841. The van der Waals surface area contributed by atoms with E-state index < -0.39 is 0 Å². The minimum Gasteiger partial charge on any atom is -0.339 e. The molecular weight excluding hydrogens is 310 g/mol. The molecule has 25 heavy (non-hydrogen) atoms. The summed E-state index contributed by atoms with van der Waals surface area (Å²) in [7, 11) is 1.93. The van der Waals surface area contributed by atoms with Crippen LogP contribution in [0.25, 0.3) is 22.2 Å². The van der Waals surface area contributed by atoms with Crippen molar-refractivity contribution >= 4 is 16.8 Å². The highest BCUT2D eigenvalue weighted by atomic mass is 16.2. The second-order valence-electron chi connectivity index (χ2n) is 6.66. The predicted molar refractivity (Wildman–Crippen MR) is 99.3 cm³/mol. The third-order valence-corrected chi connectivity index (χ3v) is 5.12. The Hall–Kier alpha value is -2.75. The molecule has 2 heterocycles. The van der Waals surface area contributed by atoms with Crippen molar-refractivity contribution in [1.82, 2.24) is 14.9 Å². The summed E-state index contributed by atoms with van der Waals surface area (Å²) in [5.74, 6) is 0.0841. The van der Waals surface area contributed by atoms with Gasteiger partial charge in [-0.15, -0.1) is 0 Å². The van der Waals surface area contributed by atoms with Crippen LogP contribution in [0.2, 0.25) is 0 Å². The first-order valence-electron chi connectivity index (χ1n) is 8.81. The number of benzene rings is 1. The van der Waals surface area contributed by atoms with E-state index >= 15 is 0 Å². The fourth-order valence-corrected chi connectivity index (χ4v) is 3.67. The molecule has 0 bridgehead atoms. The van der Waals surface area contributed by atoms with E-state index in [0.29, 0.717) is 6.04 Å². The second kappa shape index (κ2) is 6.63. The van der Waals surface area contributed by atoms with E-state index in [1.807, 2.05) is 54.4 Å². The maximum atomic E-state index is 13.2. The van der Waals surface area contributed by atoms with Crippen LogP contribution in [-0.2, 0) is 0 Å². The van der Waals surface area contributed by atoms with Gasteiger partial charge in [0.15, 0.2) is 0 Å². The molecule has 1 aromatic carbocycles. The zero-order chi connectivity index (χ0) is 17.2. The SMILES string of the molecule is CN(C(=O)c1cc(-c2ccncc2)nc2ccccc12)C1CCCC1. The minimum atomic E-state index is 0.0841. The van der Waals surface area contributed by atoms with Crippen LogP contribution in [0.4, 0.5) is 0 Å². The van der Waals surface area contributed by atoms with Crippen LogP contribution in [0.3, 0.4) is 0 Å². The predicted octanol–water partition coefficient (Wildman–Crippen LogP) is 4.31. The van der Waals surface area contributed by atoms with Crippen molar-refractivity contribution in [2.24, 2.45) is 0 Å². The van der Waals surface area contributed by atoms with E-state index in [1.54, 1.807) is 12.4 Å². The van der Waals surface area contributed by atoms with Gasteiger partial charge in [0.1, 0.15) is 0 Å². The van der Waals surface area contributed by atoms with Crippen molar-refractivity contribution in [2.45, 2.75) is 31.7 Å². The molecule has 4 rings (SSSR count). The van der Waals surface area contributed by atoms with Gasteiger partial charge in [-0.05, 0) is 37.1 Å². The molecule has 0 N–H and O–H groups in total. The fourth-order valence-electron chi connectivity index (χ4n) is 3.67. The van der Waals surface area contributed by atoms with Gasteiger partial charge in [0.2, 0.25) is 0 Å². The summed E-state index contributed by atoms with van der Waals surface area (Å²) in [5, 5.41) is 0.912. The summed E-state index contributed by atoms with van der Waals surface area (Å²) >= 11 is 0. The quantitative estimate of drug-likeness (QED) is 0.718. The molecule has 1 fully saturated rings. The fraction of sp³-hybridized carbons (Fsp3) is 0.286. The molecule has 0 saturated heterocycles. The smallest absolute Gasteiger partial charge is 0.254 e. The normalized spacial score (nSPS) is 14.8. The Morgan fingerprint density at radius 3 is 2.56 bits per heavy atom. The van der Waals surface area contributed by atoms with Crippen molar-refractivity contribution < 1.29 is 4.79 Å². The Labute approximate surface area is 147 Å².